The monoisotopic (exact) mass is 660 g/mol. The van der Waals surface area contributed by atoms with Gasteiger partial charge in [-0.1, -0.05) is 41.9 Å². The third-order valence-electron chi connectivity index (χ3n) is 5.68. The van der Waals surface area contributed by atoms with Crippen LogP contribution < -0.4 is 10.3 Å². The van der Waals surface area contributed by atoms with Crippen molar-refractivity contribution in [3.63, 3.8) is 0 Å². The van der Waals surface area contributed by atoms with E-state index in [0.717, 1.165) is 20.0 Å². The first kappa shape index (κ1) is 26.0. The zero-order chi connectivity index (χ0) is 25.8. The lowest BCUT2D eigenvalue weighted by Gasteiger charge is -2.14. The van der Waals surface area contributed by atoms with Gasteiger partial charge < -0.3 is 4.74 Å². The van der Waals surface area contributed by atoms with E-state index in [1.165, 1.54) is 16.8 Å². The van der Waals surface area contributed by atoms with Crippen molar-refractivity contribution >= 4 is 61.3 Å². The second kappa shape index (κ2) is 11.3. The molecule has 8 nitrogen and oxygen atoms in total. The summed E-state index contributed by atoms with van der Waals surface area (Å²) in [5.41, 5.74) is 1.94. The Balaban J connectivity index is 1.60. The highest BCUT2D eigenvalue weighted by Crippen LogP contribution is 2.24. The molecule has 0 aliphatic heterocycles. The summed E-state index contributed by atoms with van der Waals surface area (Å²) in [6, 6.07) is 17.4. The lowest BCUT2D eigenvalue weighted by Crippen LogP contribution is -2.23. The van der Waals surface area contributed by atoms with Gasteiger partial charge in [0.1, 0.15) is 18.2 Å². The first-order chi connectivity index (χ1) is 17.3. The molecule has 36 heavy (non-hydrogen) atoms. The molecule has 0 unspecified atom stereocenters. The van der Waals surface area contributed by atoms with Crippen LogP contribution in [0.3, 0.4) is 0 Å². The number of ether oxygens (including phenoxy) is 1. The van der Waals surface area contributed by atoms with Crippen LogP contribution in [0.4, 0.5) is 5.69 Å². The lowest BCUT2D eigenvalue weighted by atomic mass is 10.1. The number of benzene rings is 3. The van der Waals surface area contributed by atoms with Gasteiger partial charge in [-0.25, -0.2) is 4.98 Å². The van der Waals surface area contributed by atoms with E-state index < -0.39 is 4.92 Å². The predicted molar refractivity (Wildman–Crippen MR) is 152 cm³/mol. The highest BCUT2D eigenvalue weighted by Gasteiger charge is 2.16. The second-order valence-electron chi connectivity index (χ2n) is 8.21. The van der Waals surface area contributed by atoms with Crippen molar-refractivity contribution in [2.24, 2.45) is 5.10 Å². The third kappa shape index (κ3) is 5.81. The summed E-state index contributed by atoms with van der Waals surface area (Å²) >= 11 is 5.59. The fourth-order valence-electron chi connectivity index (χ4n) is 3.54. The van der Waals surface area contributed by atoms with Gasteiger partial charge in [0.2, 0.25) is 0 Å². The average Bonchev–Trinajstić information content (AvgIpc) is 2.87. The molecular weight excluding hydrogens is 639 g/mol. The highest BCUT2D eigenvalue weighted by molar-refractivity contribution is 14.1. The number of nitrogens with zero attached hydrogens (tertiary/aromatic N) is 4. The Kier molecular flexibility index (Phi) is 8.14. The SMILES string of the molecule is CC[C@@H](C)c1nc2ccc(Br)cc2c(=O)n1N=Cc1ccc(OCc2cccc([N+](=O)[O-])c2)c(I)c1. The molecule has 0 N–H and O–H groups in total. The minimum absolute atomic E-state index is 0.0277. The van der Waals surface area contributed by atoms with Crippen molar-refractivity contribution in [3.8, 4) is 5.75 Å². The first-order valence-corrected chi connectivity index (χ1v) is 13.1. The van der Waals surface area contributed by atoms with Gasteiger partial charge in [0, 0.05) is 22.5 Å². The molecule has 1 atom stereocenters. The molecule has 0 bridgehead atoms. The molecule has 4 aromatic rings. The first-order valence-electron chi connectivity index (χ1n) is 11.2. The topological polar surface area (TPSA) is 99.6 Å². The van der Waals surface area contributed by atoms with Gasteiger partial charge in [0.25, 0.3) is 11.2 Å². The molecule has 0 saturated heterocycles. The van der Waals surface area contributed by atoms with Crippen LogP contribution in [0.15, 0.2) is 75.0 Å². The molecular formula is C26H22BrIN4O4. The number of nitro benzene ring substituents is 1. The molecule has 0 aliphatic carbocycles. The third-order valence-corrected chi connectivity index (χ3v) is 7.02. The summed E-state index contributed by atoms with van der Waals surface area (Å²) in [7, 11) is 0. The molecule has 0 amide bonds. The molecule has 0 spiro atoms. The Hall–Kier alpha value is -3.12. The van der Waals surface area contributed by atoms with Gasteiger partial charge >= 0.3 is 0 Å². The van der Waals surface area contributed by atoms with Crippen LogP contribution in [-0.2, 0) is 6.61 Å². The average molecular weight is 661 g/mol. The minimum atomic E-state index is -0.427. The predicted octanol–water partition coefficient (Wildman–Crippen LogP) is 6.65. The number of non-ortho nitro benzene ring substituents is 1. The van der Waals surface area contributed by atoms with Crippen LogP contribution in [0.25, 0.3) is 10.9 Å². The van der Waals surface area contributed by atoms with E-state index in [4.69, 9.17) is 9.72 Å². The zero-order valence-electron chi connectivity index (χ0n) is 19.5. The molecule has 184 valence electrons. The number of nitro groups is 1. The van der Waals surface area contributed by atoms with Crippen LogP contribution >= 0.6 is 38.5 Å². The number of halogens is 2. The Morgan fingerprint density at radius 2 is 2.03 bits per heavy atom. The number of hydrogen-bond donors (Lipinski definition) is 0. The number of aromatic nitrogens is 2. The lowest BCUT2D eigenvalue weighted by molar-refractivity contribution is -0.384. The van der Waals surface area contributed by atoms with Crippen molar-refractivity contribution < 1.29 is 9.66 Å². The minimum Gasteiger partial charge on any atom is -0.488 e. The van der Waals surface area contributed by atoms with Gasteiger partial charge in [-0.05, 0) is 76.5 Å². The van der Waals surface area contributed by atoms with E-state index in [2.05, 4.69) is 43.6 Å². The molecule has 1 heterocycles. The molecule has 10 heteroatoms. The van der Waals surface area contributed by atoms with Gasteiger partial charge in [0.05, 0.1) is 25.6 Å². The Morgan fingerprint density at radius 3 is 2.75 bits per heavy atom. The van der Waals surface area contributed by atoms with E-state index in [1.54, 1.807) is 24.4 Å². The molecule has 0 aliphatic rings. The van der Waals surface area contributed by atoms with Crippen molar-refractivity contribution in [3.05, 3.63) is 106 Å². The summed E-state index contributed by atoms with van der Waals surface area (Å²) < 4.78 is 8.90. The smallest absolute Gasteiger partial charge is 0.282 e. The molecule has 0 saturated carbocycles. The van der Waals surface area contributed by atoms with Gasteiger partial charge in [-0.3, -0.25) is 14.9 Å². The van der Waals surface area contributed by atoms with Crippen LogP contribution in [0.5, 0.6) is 5.75 Å². The summed E-state index contributed by atoms with van der Waals surface area (Å²) in [5, 5.41) is 16.0. The number of fused-ring (bicyclic) bond motifs is 1. The summed E-state index contributed by atoms with van der Waals surface area (Å²) in [6.45, 7) is 4.28. The number of hydrogen-bond acceptors (Lipinski definition) is 6. The zero-order valence-corrected chi connectivity index (χ0v) is 23.3. The van der Waals surface area contributed by atoms with E-state index >= 15 is 0 Å². The van der Waals surface area contributed by atoms with Crippen LogP contribution in [0.1, 0.15) is 43.1 Å². The second-order valence-corrected chi connectivity index (χ2v) is 10.3. The molecule has 0 fully saturated rings. The van der Waals surface area contributed by atoms with Gasteiger partial charge in [-0.2, -0.15) is 9.78 Å². The Morgan fingerprint density at radius 1 is 1.22 bits per heavy atom. The van der Waals surface area contributed by atoms with E-state index in [-0.39, 0.29) is 23.8 Å². The summed E-state index contributed by atoms with van der Waals surface area (Å²) in [4.78, 5) is 28.6. The molecule has 0 radical (unpaired) electrons. The Bertz CT molecular complexity index is 1540. The fourth-order valence-corrected chi connectivity index (χ4v) is 4.59. The van der Waals surface area contributed by atoms with Gasteiger partial charge in [0.15, 0.2) is 0 Å². The van der Waals surface area contributed by atoms with Gasteiger partial charge in [-0.15, -0.1) is 0 Å². The summed E-state index contributed by atoms with van der Waals surface area (Å²) in [6.07, 6.45) is 2.45. The van der Waals surface area contributed by atoms with E-state index in [1.807, 2.05) is 44.2 Å². The molecule has 1 aromatic heterocycles. The molecule has 3 aromatic carbocycles. The summed E-state index contributed by atoms with van der Waals surface area (Å²) in [5.74, 6) is 1.31. The fraction of sp³-hybridized carbons (Fsp3) is 0.192. The molecule has 4 rings (SSSR count). The normalized spacial score (nSPS) is 12.2. The van der Waals surface area contributed by atoms with E-state index in [0.29, 0.717) is 28.0 Å². The Labute approximate surface area is 229 Å². The highest BCUT2D eigenvalue weighted by atomic mass is 127. The van der Waals surface area contributed by atoms with Crippen molar-refractivity contribution in [1.82, 2.24) is 9.66 Å². The van der Waals surface area contributed by atoms with Crippen molar-refractivity contribution in [1.29, 1.82) is 0 Å². The van der Waals surface area contributed by atoms with Crippen LogP contribution in [-0.4, -0.2) is 20.8 Å². The maximum atomic E-state index is 13.3. The van der Waals surface area contributed by atoms with E-state index in [9.17, 15) is 14.9 Å². The van der Waals surface area contributed by atoms with Crippen LogP contribution in [0.2, 0.25) is 0 Å². The standard InChI is InChI=1S/C26H22BrIN4O4/c1-3-16(2)25-30-23-9-8-19(27)13-21(23)26(33)31(25)29-14-17-7-10-24(22(28)12-17)36-15-18-5-4-6-20(11-18)32(34)35/h4-14,16H,3,15H2,1-2H3/t16-/m1/s1. The largest absolute Gasteiger partial charge is 0.488 e. The maximum Gasteiger partial charge on any atom is 0.282 e. The van der Waals surface area contributed by atoms with Crippen molar-refractivity contribution in [2.75, 3.05) is 0 Å². The van der Waals surface area contributed by atoms with Crippen molar-refractivity contribution in [2.45, 2.75) is 32.8 Å². The van der Waals surface area contributed by atoms with Crippen LogP contribution in [0, 0.1) is 13.7 Å². The maximum absolute atomic E-state index is 13.3. The number of rotatable bonds is 8. The quantitative estimate of drug-likeness (QED) is 0.0912.